The first kappa shape index (κ1) is 29.9. The fourth-order valence-electron chi connectivity index (χ4n) is 2.60. The van der Waals surface area contributed by atoms with E-state index < -0.39 is 11.7 Å². The van der Waals surface area contributed by atoms with Crippen molar-refractivity contribution < 1.29 is 19.1 Å². The van der Waals surface area contributed by atoms with Crippen molar-refractivity contribution in [2.45, 2.75) is 54.2 Å². The molecule has 7 nitrogen and oxygen atoms in total. The van der Waals surface area contributed by atoms with E-state index in [1.807, 2.05) is 58.9 Å². The maximum absolute atomic E-state index is 12.5. The predicted octanol–water partition coefficient (Wildman–Crippen LogP) is 6.44. The largest absolute Gasteiger partial charge is 0.443 e. The highest BCUT2D eigenvalue weighted by Crippen LogP contribution is 2.24. The molecule has 0 spiro atoms. The van der Waals surface area contributed by atoms with Gasteiger partial charge in [-0.1, -0.05) is 63.0 Å². The van der Waals surface area contributed by atoms with Crippen LogP contribution in [0.1, 0.15) is 47.6 Å². The summed E-state index contributed by atoms with van der Waals surface area (Å²) in [5.41, 5.74) is 1.14. The molecule has 0 aliphatic carbocycles. The fraction of sp³-hybridized carbons (Fsp3) is 0.522. The molecular weight excluding hydrogens is 446 g/mol. The Kier molecular flexibility index (Phi) is 13.2. The number of hydrogen-bond acceptors (Lipinski definition) is 6. The average Bonchev–Trinajstić information content (AvgIpc) is 3.06. The summed E-state index contributed by atoms with van der Waals surface area (Å²) >= 11 is 2.55. The molecule has 0 radical (unpaired) electrons. The highest BCUT2D eigenvalue weighted by Gasteiger charge is 2.21. The van der Waals surface area contributed by atoms with E-state index in [0.29, 0.717) is 6.54 Å². The van der Waals surface area contributed by atoms with Crippen LogP contribution in [0.2, 0.25) is 0 Å². The van der Waals surface area contributed by atoms with Gasteiger partial charge in [0, 0.05) is 32.2 Å². The van der Waals surface area contributed by atoms with Gasteiger partial charge in [-0.05, 0) is 43.9 Å². The van der Waals surface area contributed by atoms with Gasteiger partial charge in [-0.3, -0.25) is 14.2 Å². The molecule has 0 aliphatic rings. The normalized spacial score (nSPS) is 10.5. The van der Waals surface area contributed by atoms with Crippen LogP contribution in [0.3, 0.4) is 0 Å². The molecule has 9 heteroatoms. The van der Waals surface area contributed by atoms with Crippen LogP contribution in [-0.2, 0) is 11.3 Å². The number of fused-ring (bicyclic) bond motifs is 1. The molecule has 0 bridgehead atoms. The van der Waals surface area contributed by atoms with Gasteiger partial charge < -0.3 is 15.0 Å². The summed E-state index contributed by atoms with van der Waals surface area (Å²) in [5, 5.41) is 3.50. The number of para-hydroxylation sites is 1. The second kappa shape index (κ2) is 14.1. The number of thioether (sulfide) groups is 2. The molecular formula is C23H37N3O4S2. The molecule has 1 aromatic carbocycles. The minimum Gasteiger partial charge on any atom is -0.443 e. The number of benzene rings is 1. The Morgan fingerprint density at radius 1 is 1.09 bits per heavy atom. The molecule has 1 aromatic heterocycles. The van der Waals surface area contributed by atoms with Gasteiger partial charge in [0.25, 0.3) is 10.5 Å². The van der Waals surface area contributed by atoms with Gasteiger partial charge in [0.1, 0.15) is 5.60 Å². The molecule has 0 atom stereocenters. The van der Waals surface area contributed by atoms with Crippen molar-refractivity contribution in [1.82, 2.24) is 14.8 Å². The molecule has 0 aliphatic heterocycles. The van der Waals surface area contributed by atoms with Crippen LogP contribution in [0.15, 0.2) is 30.5 Å². The second-order valence-electron chi connectivity index (χ2n) is 7.55. The van der Waals surface area contributed by atoms with Crippen LogP contribution in [0, 0.1) is 0 Å². The maximum atomic E-state index is 12.5. The van der Waals surface area contributed by atoms with Crippen LogP contribution in [0.5, 0.6) is 0 Å². The number of rotatable bonds is 4. The lowest BCUT2D eigenvalue weighted by Gasteiger charge is -2.19. The summed E-state index contributed by atoms with van der Waals surface area (Å²) in [7, 11) is 3.40. The Balaban J connectivity index is 0.00000104. The van der Waals surface area contributed by atoms with Crippen LogP contribution in [-0.4, -0.2) is 57.2 Å². The molecule has 2 amide bonds. The molecule has 1 N–H and O–H groups in total. The van der Waals surface area contributed by atoms with Crippen molar-refractivity contribution in [3.8, 4) is 0 Å². The third-order valence-corrected chi connectivity index (χ3v) is 5.45. The summed E-state index contributed by atoms with van der Waals surface area (Å²) in [6.07, 6.45) is 1.35. The van der Waals surface area contributed by atoms with Crippen LogP contribution in [0.4, 0.5) is 14.4 Å². The number of amides is 2. The summed E-state index contributed by atoms with van der Waals surface area (Å²) in [6, 6.07) is 7.64. The van der Waals surface area contributed by atoms with Crippen molar-refractivity contribution in [3.05, 3.63) is 36.0 Å². The average molecular weight is 484 g/mol. The van der Waals surface area contributed by atoms with Crippen molar-refractivity contribution in [2.24, 2.45) is 0 Å². The SMILES string of the molecule is C.CCSC(=O)N(C)Cc1cn(C(=O)OC(C)(C)C)c2ccccc12.CCSC(=O)NC. The zero-order valence-electron chi connectivity index (χ0n) is 19.4. The van der Waals surface area contributed by atoms with Gasteiger partial charge in [-0.2, -0.15) is 0 Å². The van der Waals surface area contributed by atoms with E-state index in [9.17, 15) is 14.4 Å². The van der Waals surface area contributed by atoms with E-state index in [1.54, 1.807) is 25.2 Å². The Morgan fingerprint density at radius 3 is 2.19 bits per heavy atom. The second-order valence-corrected chi connectivity index (χ2v) is 10.00. The first-order valence-electron chi connectivity index (χ1n) is 10.1. The highest BCUT2D eigenvalue weighted by atomic mass is 32.2. The smallest absolute Gasteiger partial charge is 0.419 e. The monoisotopic (exact) mass is 483 g/mol. The minimum absolute atomic E-state index is 0. The third kappa shape index (κ3) is 9.56. The van der Waals surface area contributed by atoms with Gasteiger partial charge in [-0.15, -0.1) is 0 Å². The number of nitrogens with zero attached hydrogens (tertiary/aromatic N) is 2. The third-order valence-electron chi connectivity index (χ3n) is 3.85. The topological polar surface area (TPSA) is 80.6 Å². The lowest BCUT2D eigenvalue weighted by molar-refractivity contribution is 0.0544. The zero-order chi connectivity index (χ0) is 23.6. The number of carbonyl (C=O) groups is 3. The molecule has 2 rings (SSSR count). The van der Waals surface area contributed by atoms with Gasteiger partial charge in [-0.25, -0.2) is 4.79 Å². The fourth-order valence-corrected chi connectivity index (χ4v) is 3.53. The van der Waals surface area contributed by atoms with Gasteiger partial charge in [0.2, 0.25) is 0 Å². The standard InChI is InChI=1S/C18H24N2O3S.C4H9NOS.CH4/c1-6-24-17(22)19(5)11-13-12-20(16(21)23-18(2,3)4)15-10-8-7-9-14(13)15;1-3-7-4(6)5-2;/h7-10,12H,6,11H2,1-5H3;3H2,1-2H3,(H,5,6);1H4. The Hall–Kier alpha value is -2.13. The van der Waals surface area contributed by atoms with Crippen LogP contribution < -0.4 is 5.32 Å². The Morgan fingerprint density at radius 2 is 1.69 bits per heavy atom. The van der Waals surface area contributed by atoms with Crippen molar-refractivity contribution in [3.63, 3.8) is 0 Å². The number of ether oxygens (including phenoxy) is 1. The van der Waals surface area contributed by atoms with E-state index in [4.69, 9.17) is 4.74 Å². The van der Waals surface area contributed by atoms with Gasteiger partial charge in [0.15, 0.2) is 0 Å². The number of carbonyl (C=O) groups excluding carboxylic acids is 3. The summed E-state index contributed by atoms with van der Waals surface area (Å²) in [5.74, 6) is 1.59. The maximum Gasteiger partial charge on any atom is 0.419 e. The first-order chi connectivity index (χ1) is 14.5. The Bertz CT molecular complexity index is 891. The summed E-state index contributed by atoms with van der Waals surface area (Å²) in [6.45, 7) is 9.86. The zero-order valence-corrected chi connectivity index (χ0v) is 21.0. The molecule has 1 heterocycles. The van der Waals surface area contributed by atoms with E-state index in [0.717, 1.165) is 28.0 Å². The molecule has 0 saturated carbocycles. The van der Waals surface area contributed by atoms with Crippen LogP contribution in [0.25, 0.3) is 10.9 Å². The Labute approximate surface area is 200 Å². The first-order valence-corrected chi connectivity index (χ1v) is 12.1. The van der Waals surface area contributed by atoms with E-state index in [2.05, 4.69) is 5.32 Å². The molecule has 0 saturated heterocycles. The summed E-state index contributed by atoms with van der Waals surface area (Å²) < 4.78 is 6.99. The molecule has 2 aromatic rings. The lowest BCUT2D eigenvalue weighted by atomic mass is 10.2. The molecule has 180 valence electrons. The van der Waals surface area contributed by atoms with E-state index in [-0.39, 0.29) is 17.9 Å². The number of nitrogens with one attached hydrogen (secondary N) is 1. The van der Waals surface area contributed by atoms with Gasteiger partial charge >= 0.3 is 6.09 Å². The van der Waals surface area contributed by atoms with Crippen molar-refractivity contribution in [2.75, 3.05) is 25.6 Å². The predicted molar refractivity (Wildman–Crippen MR) is 138 cm³/mol. The molecule has 32 heavy (non-hydrogen) atoms. The van der Waals surface area contributed by atoms with E-state index in [1.165, 1.54) is 28.1 Å². The van der Waals surface area contributed by atoms with Gasteiger partial charge in [0.05, 0.1) is 5.52 Å². The van der Waals surface area contributed by atoms with Crippen LogP contribution >= 0.6 is 23.5 Å². The van der Waals surface area contributed by atoms with Crippen molar-refractivity contribution >= 4 is 51.0 Å². The summed E-state index contributed by atoms with van der Waals surface area (Å²) in [4.78, 5) is 36.4. The quantitative estimate of drug-likeness (QED) is 0.539. The van der Waals surface area contributed by atoms with E-state index >= 15 is 0 Å². The molecule has 0 fully saturated rings. The minimum atomic E-state index is -0.562. The number of hydrogen-bond donors (Lipinski definition) is 1. The van der Waals surface area contributed by atoms with Crippen molar-refractivity contribution in [1.29, 1.82) is 0 Å². The lowest BCUT2D eigenvalue weighted by Crippen LogP contribution is -2.26. The highest BCUT2D eigenvalue weighted by molar-refractivity contribution is 8.13. The number of aromatic nitrogens is 1. The molecule has 0 unspecified atom stereocenters.